The van der Waals surface area contributed by atoms with E-state index in [1.54, 1.807) is 19.1 Å². The molecule has 0 saturated carbocycles. The number of rotatable bonds is 6. The van der Waals surface area contributed by atoms with Crippen LogP contribution >= 0.6 is 11.6 Å². The number of hydrogen-bond acceptors (Lipinski definition) is 4. The lowest BCUT2D eigenvalue weighted by Gasteiger charge is -2.13. The molecule has 128 valence electrons. The van der Waals surface area contributed by atoms with Gasteiger partial charge < -0.3 is 10.1 Å². The van der Waals surface area contributed by atoms with Crippen molar-refractivity contribution in [3.05, 3.63) is 62.4 Å². The van der Waals surface area contributed by atoms with Crippen LogP contribution < -0.4 is 10.1 Å². The number of nitro benzene ring substituents is 1. The third-order valence-electron chi connectivity index (χ3n) is 3.37. The van der Waals surface area contributed by atoms with Crippen molar-refractivity contribution in [1.82, 2.24) is 0 Å². The van der Waals surface area contributed by atoms with E-state index in [0.29, 0.717) is 10.8 Å². The van der Waals surface area contributed by atoms with Crippen molar-refractivity contribution >= 4 is 23.0 Å². The van der Waals surface area contributed by atoms with E-state index in [9.17, 15) is 14.5 Å². The molecule has 0 unspecified atom stereocenters. The molecule has 2 aromatic rings. The van der Waals surface area contributed by atoms with E-state index in [2.05, 4.69) is 5.32 Å². The van der Waals surface area contributed by atoms with Crippen LogP contribution in [-0.4, -0.2) is 11.0 Å². The Morgan fingerprint density at radius 1 is 1.33 bits per heavy atom. The Morgan fingerprint density at radius 2 is 2.04 bits per heavy atom. The van der Waals surface area contributed by atoms with Crippen LogP contribution in [0.2, 0.25) is 5.02 Å². The molecule has 0 atom stereocenters. The predicted octanol–water partition coefficient (Wildman–Crippen LogP) is 5.10. The van der Waals surface area contributed by atoms with Crippen molar-refractivity contribution in [2.24, 2.45) is 0 Å². The molecule has 24 heavy (non-hydrogen) atoms. The van der Waals surface area contributed by atoms with E-state index in [4.69, 9.17) is 16.3 Å². The zero-order valence-corrected chi connectivity index (χ0v) is 14.4. The highest BCUT2D eigenvalue weighted by Gasteiger charge is 2.17. The Morgan fingerprint density at radius 3 is 2.67 bits per heavy atom. The molecule has 2 rings (SSSR count). The topological polar surface area (TPSA) is 64.4 Å². The molecule has 7 heteroatoms. The SMILES string of the molecule is Cc1ccc(F)c(CNc2ccc(OC(C)C)cc2[N+](=O)[O-])c1Cl. The summed E-state index contributed by atoms with van der Waals surface area (Å²) in [6, 6.07) is 7.42. The van der Waals surface area contributed by atoms with Gasteiger partial charge in [0.05, 0.1) is 22.1 Å². The highest BCUT2D eigenvalue weighted by Crippen LogP contribution is 2.31. The van der Waals surface area contributed by atoms with Crippen LogP contribution in [0.4, 0.5) is 15.8 Å². The summed E-state index contributed by atoms with van der Waals surface area (Å²) in [6.45, 7) is 5.48. The number of benzene rings is 2. The number of nitrogens with one attached hydrogen (secondary N) is 1. The van der Waals surface area contributed by atoms with Crippen LogP contribution in [0, 0.1) is 22.9 Å². The zero-order chi connectivity index (χ0) is 17.9. The second-order valence-corrected chi connectivity index (χ2v) is 5.99. The lowest BCUT2D eigenvalue weighted by molar-refractivity contribution is -0.384. The number of halogens is 2. The van der Waals surface area contributed by atoms with Crippen molar-refractivity contribution in [2.45, 2.75) is 33.4 Å². The Bertz CT molecular complexity index is 766. The summed E-state index contributed by atoms with van der Waals surface area (Å²) in [7, 11) is 0. The standard InChI is InChI=1S/C17H18ClFN2O3/c1-10(2)24-12-5-7-15(16(8-12)21(22)23)20-9-13-14(19)6-4-11(3)17(13)18/h4-8,10,20H,9H2,1-3H3. The van der Waals surface area contributed by atoms with Crippen molar-refractivity contribution < 1.29 is 14.1 Å². The molecular weight excluding hydrogens is 335 g/mol. The van der Waals surface area contributed by atoms with Crippen LogP contribution in [0.25, 0.3) is 0 Å². The smallest absolute Gasteiger partial charge is 0.296 e. The molecule has 2 aromatic carbocycles. The minimum Gasteiger partial charge on any atom is -0.491 e. The van der Waals surface area contributed by atoms with Gasteiger partial charge in [-0.2, -0.15) is 0 Å². The summed E-state index contributed by atoms with van der Waals surface area (Å²) in [4.78, 5) is 10.8. The molecule has 0 bridgehead atoms. The predicted molar refractivity (Wildman–Crippen MR) is 92.3 cm³/mol. The first-order valence-electron chi connectivity index (χ1n) is 7.42. The van der Waals surface area contributed by atoms with Crippen LogP contribution in [0.3, 0.4) is 0 Å². The van der Waals surface area contributed by atoms with E-state index in [-0.39, 0.29) is 29.6 Å². The average molecular weight is 353 g/mol. The molecule has 0 amide bonds. The zero-order valence-electron chi connectivity index (χ0n) is 13.6. The van der Waals surface area contributed by atoms with Gasteiger partial charge >= 0.3 is 0 Å². The first-order valence-corrected chi connectivity index (χ1v) is 7.80. The van der Waals surface area contributed by atoms with Gasteiger partial charge in [0.15, 0.2) is 0 Å². The number of anilines is 1. The molecule has 0 aliphatic rings. The number of nitro groups is 1. The van der Waals surface area contributed by atoms with Gasteiger partial charge in [-0.1, -0.05) is 17.7 Å². The fraction of sp³-hybridized carbons (Fsp3) is 0.294. The van der Waals surface area contributed by atoms with Gasteiger partial charge in [0, 0.05) is 12.1 Å². The Hall–Kier alpha value is -2.34. The molecule has 0 fully saturated rings. The first-order chi connectivity index (χ1) is 11.3. The summed E-state index contributed by atoms with van der Waals surface area (Å²) in [5.74, 6) is -0.0532. The molecule has 5 nitrogen and oxygen atoms in total. The first kappa shape index (κ1) is 18.0. The highest BCUT2D eigenvalue weighted by atomic mass is 35.5. The molecule has 0 aromatic heterocycles. The Balaban J connectivity index is 2.27. The van der Waals surface area contributed by atoms with E-state index in [0.717, 1.165) is 5.56 Å². The van der Waals surface area contributed by atoms with Gasteiger partial charge in [-0.25, -0.2) is 4.39 Å². The quantitative estimate of drug-likeness (QED) is 0.580. The summed E-state index contributed by atoms with van der Waals surface area (Å²) in [6.07, 6.45) is -0.0939. The van der Waals surface area contributed by atoms with Crippen molar-refractivity contribution in [1.29, 1.82) is 0 Å². The van der Waals surface area contributed by atoms with Gasteiger partial charge in [0.1, 0.15) is 17.3 Å². The van der Waals surface area contributed by atoms with Gasteiger partial charge in [0.2, 0.25) is 0 Å². The van der Waals surface area contributed by atoms with Crippen molar-refractivity contribution in [3.63, 3.8) is 0 Å². The van der Waals surface area contributed by atoms with Crippen LogP contribution in [0.1, 0.15) is 25.0 Å². The third-order valence-corrected chi connectivity index (χ3v) is 3.90. The summed E-state index contributed by atoms with van der Waals surface area (Å²) in [5.41, 5.74) is 1.14. The van der Waals surface area contributed by atoms with Crippen molar-refractivity contribution in [2.75, 3.05) is 5.32 Å². The summed E-state index contributed by atoms with van der Waals surface area (Å²) >= 11 is 6.12. The maximum atomic E-state index is 13.9. The van der Waals surface area contributed by atoms with Gasteiger partial charge in [-0.15, -0.1) is 0 Å². The average Bonchev–Trinajstić information content (AvgIpc) is 2.51. The van der Waals surface area contributed by atoms with Crippen LogP contribution in [0.15, 0.2) is 30.3 Å². The number of nitrogens with zero attached hydrogens (tertiary/aromatic N) is 1. The summed E-state index contributed by atoms with van der Waals surface area (Å²) in [5, 5.41) is 14.5. The van der Waals surface area contributed by atoms with Gasteiger partial charge in [-0.3, -0.25) is 10.1 Å². The number of ether oxygens (including phenoxy) is 1. The molecule has 0 radical (unpaired) electrons. The Kier molecular flexibility index (Phi) is 5.62. The largest absolute Gasteiger partial charge is 0.491 e. The maximum Gasteiger partial charge on any atom is 0.296 e. The monoisotopic (exact) mass is 352 g/mol. The number of aryl methyl sites for hydroxylation is 1. The molecule has 0 aliphatic carbocycles. The molecule has 0 heterocycles. The van der Waals surface area contributed by atoms with Gasteiger partial charge in [-0.05, 0) is 44.5 Å². The lowest BCUT2D eigenvalue weighted by atomic mass is 10.1. The third kappa shape index (κ3) is 4.14. The van der Waals surface area contributed by atoms with E-state index >= 15 is 0 Å². The molecule has 0 spiro atoms. The molecule has 1 N–H and O–H groups in total. The minimum absolute atomic E-state index is 0.0393. The van der Waals surface area contributed by atoms with Crippen molar-refractivity contribution in [3.8, 4) is 5.75 Å². The maximum absolute atomic E-state index is 13.9. The lowest BCUT2D eigenvalue weighted by Crippen LogP contribution is -2.08. The molecule has 0 saturated heterocycles. The normalized spacial score (nSPS) is 10.8. The highest BCUT2D eigenvalue weighted by molar-refractivity contribution is 6.32. The molecular formula is C17H18ClFN2O3. The second kappa shape index (κ2) is 7.49. The second-order valence-electron chi connectivity index (χ2n) is 5.61. The van der Waals surface area contributed by atoms with Gasteiger partial charge in [0.25, 0.3) is 5.69 Å². The van der Waals surface area contributed by atoms with Crippen LogP contribution in [-0.2, 0) is 6.54 Å². The minimum atomic E-state index is -0.510. The number of hydrogen-bond donors (Lipinski definition) is 1. The van der Waals surface area contributed by atoms with E-state index in [1.165, 1.54) is 18.2 Å². The summed E-state index contributed by atoms with van der Waals surface area (Å²) < 4.78 is 19.4. The fourth-order valence-electron chi connectivity index (χ4n) is 2.22. The van der Waals surface area contributed by atoms with E-state index in [1.807, 2.05) is 13.8 Å². The van der Waals surface area contributed by atoms with E-state index < -0.39 is 10.7 Å². The van der Waals surface area contributed by atoms with Crippen LogP contribution in [0.5, 0.6) is 5.75 Å². The Labute approximate surface area is 144 Å². The fourth-order valence-corrected chi connectivity index (χ4v) is 2.44. The molecule has 0 aliphatic heterocycles.